The third kappa shape index (κ3) is 4.96. The molecule has 0 aliphatic carbocycles. The molecule has 0 spiro atoms. The van der Waals surface area contributed by atoms with E-state index >= 15 is 0 Å². The Morgan fingerprint density at radius 1 is 1.44 bits per heavy atom. The summed E-state index contributed by atoms with van der Waals surface area (Å²) in [5, 5.41) is 3.21. The van der Waals surface area contributed by atoms with Gasteiger partial charge in [0.05, 0.1) is 7.11 Å². The van der Waals surface area contributed by atoms with Gasteiger partial charge in [0.1, 0.15) is 5.75 Å². The number of halogens is 1. The van der Waals surface area contributed by atoms with Crippen LogP contribution < -0.4 is 10.1 Å². The first-order valence-corrected chi connectivity index (χ1v) is 7.01. The van der Waals surface area contributed by atoms with Gasteiger partial charge in [-0.15, -0.1) is 0 Å². The van der Waals surface area contributed by atoms with Crippen LogP contribution >= 0.6 is 15.9 Å². The summed E-state index contributed by atoms with van der Waals surface area (Å²) in [6.45, 7) is 5.26. The highest BCUT2D eigenvalue weighted by atomic mass is 79.9. The molecule has 3 nitrogen and oxygen atoms in total. The summed E-state index contributed by atoms with van der Waals surface area (Å²) < 4.78 is 6.49. The molecule has 4 heteroatoms. The molecule has 0 saturated carbocycles. The smallest absolute Gasteiger partial charge is 0.123 e. The quantitative estimate of drug-likeness (QED) is 0.837. The molecule has 1 aromatic carbocycles. The predicted octanol–water partition coefficient (Wildman–Crippen LogP) is 2.75. The molecular formula is C14H23BrN2O. The highest BCUT2D eigenvalue weighted by Gasteiger charge is 2.09. The third-order valence-electron chi connectivity index (χ3n) is 2.86. The molecule has 1 N–H and O–H groups in total. The molecule has 0 fully saturated rings. The highest BCUT2D eigenvalue weighted by molar-refractivity contribution is 9.10. The number of rotatable bonds is 7. The average Bonchev–Trinajstić information content (AvgIpc) is 2.29. The van der Waals surface area contributed by atoms with Crippen LogP contribution in [0.5, 0.6) is 5.75 Å². The second kappa shape index (κ2) is 7.77. The van der Waals surface area contributed by atoms with Gasteiger partial charge in [0.15, 0.2) is 0 Å². The molecule has 1 atom stereocenters. The number of benzene rings is 1. The van der Waals surface area contributed by atoms with Crippen molar-refractivity contribution >= 4 is 15.9 Å². The van der Waals surface area contributed by atoms with Gasteiger partial charge in [-0.2, -0.15) is 0 Å². The van der Waals surface area contributed by atoms with Crippen molar-refractivity contribution < 1.29 is 4.74 Å². The zero-order chi connectivity index (χ0) is 13.5. The second-order valence-corrected chi connectivity index (χ2v) is 5.73. The van der Waals surface area contributed by atoms with Crippen LogP contribution in [-0.2, 0) is 6.54 Å². The average molecular weight is 315 g/mol. The van der Waals surface area contributed by atoms with Gasteiger partial charge in [0.2, 0.25) is 0 Å². The molecule has 102 valence electrons. The van der Waals surface area contributed by atoms with Crippen LogP contribution in [0.3, 0.4) is 0 Å². The minimum absolute atomic E-state index is 0.637. The lowest BCUT2D eigenvalue weighted by Gasteiger charge is -2.22. The molecule has 0 aliphatic heterocycles. The molecule has 0 amide bonds. The van der Waals surface area contributed by atoms with Crippen LogP contribution in [0, 0.1) is 5.92 Å². The third-order valence-corrected chi connectivity index (χ3v) is 3.35. The van der Waals surface area contributed by atoms with Gasteiger partial charge >= 0.3 is 0 Å². The number of hydrogen-bond donors (Lipinski definition) is 1. The summed E-state index contributed by atoms with van der Waals surface area (Å²) >= 11 is 3.51. The maximum absolute atomic E-state index is 5.39. The van der Waals surface area contributed by atoms with Gasteiger partial charge in [-0.1, -0.05) is 22.9 Å². The molecule has 1 rings (SSSR count). The monoisotopic (exact) mass is 314 g/mol. The first-order valence-electron chi connectivity index (χ1n) is 6.22. The largest absolute Gasteiger partial charge is 0.496 e. The van der Waals surface area contributed by atoms with E-state index in [9.17, 15) is 0 Å². The van der Waals surface area contributed by atoms with E-state index in [2.05, 4.69) is 46.2 Å². The number of nitrogens with zero attached hydrogens (tertiary/aromatic N) is 1. The Morgan fingerprint density at radius 2 is 2.17 bits per heavy atom. The van der Waals surface area contributed by atoms with Crippen LogP contribution in [0.2, 0.25) is 0 Å². The van der Waals surface area contributed by atoms with E-state index in [-0.39, 0.29) is 0 Å². The Hall–Kier alpha value is -0.580. The molecule has 0 heterocycles. The zero-order valence-corrected chi connectivity index (χ0v) is 13.3. The van der Waals surface area contributed by atoms with E-state index < -0.39 is 0 Å². The molecule has 0 aromatic heterocycles. The van der Waals surface area contributed by atoms with Gasteiger partial charge in [0.25, 0.3) is 0 Å². The topological polar surface area (TPSA) is 24.5 Å². The zero-order valence-electron chi connectivity index (χ0n) is 11.7. The van der Waals surface area contributed by atoms with Crippen LogP contribution in [-0.4, -0.2) is 39.2 Å². The minimum atomic E-state index is 0.637. The van der Waals surface area contributed by atoms with Gasteiger partial charge in [-0.25, -0.2) is 0 Å². The van der Waals surface area contributed by atoms with E-state index in [1.54, 1.807) is 7.11 Å². The van der Waals surface area contributed by atoms with Crippen LogP contribution in [0.4, 0.5) is 0 Å². The van der Waals surface area contributed by atoms with Crippen molar-refractivity contribution in [2.24, 2.45) is 5.92 Å². The number of hydrogen-bond acceptors (Lipinski definition) is 3. The van der Waals surface area contributed by atoms with E-state index in [0.29, 0.717) is 5.92 Å². The normalized spacial score (nSPS) is 12.8. The SMILES string of the molecule is CNCC(C)CN(C)Cc1cc(Br)ccc1OC. The summed E-state index contributed by atoms with van der Waals surface area (Å²) in [6, 6.07) is 6.13. The summed E-state index contributed by atoms with van der Waals surface area (Å²) in [5.74, 6) is 1.59. The van der Waals surface area contributed by atoms with Crippen LogP contribution in [0.1, 0.15) is 12.5 Å². The fourth-order valence-corrected chi connectivity index (χ4v) is 2.58. The number of methoxy groups -OCH3 is 1. The first-order chi connectivity index (χ1) is 8.56. The number of ether oxygens (including phenoxy) is 1. The Balaban J connectivity index is 2.63. The van der Waals surface area contributed by atoms with Gasteiger partial charge < -0.3 is 15.0 Å². The summed E-state index contributed by atoms with van der Waals surface area (Å²) in [7, 11) is 5.86. The van der Waals surface area contributed by atoms with Gasteiger partial charge in [-0.05, 0) is 44.8 Å². The van der Waals surface area contributed by atoms with E-state index in [4.69, 9.17) is 4.74 Å². The van der Waals surface area contributed by atoms with Crippen molar-refractivity contribution in [1.82, 2.24) is 10.2 Å². The maximum atomic E-state index is 5.39. The Bertz CT molecular complexity index is 371. The first kappa shape index (κ1) is 15.5. The van der Waals surface area contributed by atoms with Crippen LogP contribution in [0.15, 0.2) is 22.7 Å². The lowest BCUT2D eigenvalue weighted by Crippen LogP contribution is -2.29. The van der Waals surface area contributed by atoms with E-state index in [0.717, 1.165) is 29.9 Å². The van der Waals surface area contributed by atoms with Crippen molar-refractivity contribution in [3.05, 3.63) is 28.2 Å². The summed E-state index contributed by atoms with van der Waals surface area (Å²) in [4.78, 5) is 2.33. The fourth-order valence-electron chi connectivity index (χ4n) is 2.17. The number of nitrogens with one attached hydrogen (secondary N) is 1. The van der Waals surface area contributed by atoms with Crippen molar-refractivity contribution in [2.45, 2.75) is 13.5 Å². The van der Waals surface area contributed by atoms with Crippen molar-refractivity contribution in [3.8, 4) is 5.75 Å². The molecule has 0 aliphatic rings. The highest BCUT2D eigenvalue weighted by Crippen LogP contribution is 2.24. The second-order valence-electron chi connectivity index (χ2n) is 4.82. The molecule has 1 aromatic rings. The maximum Gasteiger partial charge on any atom is 0.123 e. The van der Waals surface area contributed by atoms with Gasteiger partial charge in [-0.3, -0.25) is 0 Å². The Kier molecular flexibility index (Phi) is 6.68. The van der Waals surface area contributed by atoms with Crippen molar-refractivity contribution in [3.63, 3.8) is 0 Å². The summed E-state index contributed by atoms with van der Waals surface area (Å²) in [6.07, 6.45) is 0. The van der Waals surface area contributed by atoms with Crippen LogP contribution in [0.25, 0.3) is 0 Å². The lowest BCUT2D eigenvalue weighted by atomic mass is 10.1. The Morgan fingerprint density at radius 3 is 2.78 bits per heavy atom. The minimum Gasteiger partial charge on any atom is -0.496 e. The fraction of sp³-hybridized carbons (Fsp3) is 0.571. The predicted molar refractivity (Wildman–Crippen MR) is 80.1 cm³/mol. The lowest BCUT2D eigenvalue weighted by molar-refractivity contribution is 0.272. The molecule has 18 heavy (non-hydrogen) atoms. The van der Waals surface area contributed by atoms with E-state index in [1.165, 1.54) is 5.56 Å². The molecule has 0 saturated heterocycles. The Labute approximate surface area is 119 Å². The van der Waals surface area contributed by atoms with Crippen molar-refractivity contribution in [2.75, 3.05) is 34.3 Å². The van der Waals surface area contributed by atoms with Crippen molar-refractivity contribution in [1.29, 1.82) is 0 Å². The van der Waals surface area contributed by atoms with E-state index in [1.807, 2.05) is 19.2 Å². The van der Waals surface area contributed by atoms with Gasteiger partial charge in [0, 0.05) is 23.1 Å². The molecule has 0 radical (unpaired) electrons. The molecular weight excluding hydrogens is 292 g/mol. The molecule has 1 unspecified atom stereocenters. The standard InChI is InChI=1S/C14H23BrN2O/c1-11(8-16-2)9-17(3)10-12-7-13(15)5-6-14(12)18-4/h5-7,11,16H,8-10H2,1-4H3. The summed E-state index contributed by atoms with van der Waals surface area (Å²) in [5.41, 5.74) is 1.21. The molecule has 0 bridgehead atoms.